The molecule has 0 saturated heterocycles. The van der Waals surface area contributed by atoms with Crippen molar-refractivity contribution in [1.82, 2.24) is 4.98 Å². The lowest BCUT2D eigenvalue weighted by Crippen LogP contribution is -1.96. The van der Waals surface area contributed by atoms with Crippen LogP contribution in [-0.4, -0.2) is 18.0 Å². The van der Waals surface area contributed by atoms with Gasteiger partial charge in [0.25, 0.3) is 10.1 Å². The molecular formula is C15H19NO3S. The summed E-state index contributed by atoms with van der Waals surface area (Å²) in [5.74, 6) is 0.619. The summed E-state index contributed by atoms with van der Waals surface area (Å²) in [5, 5.41) is 0. The summed E-state index contributed by atoms with van der Waals surface area (Å²) in [6.07, 6.45) is 3.66. The molecule has 0 aliphatic heterocycles. The molecule has 0 aliphatic carbocycles. The third-order valence-corrected chi connectivity index (χ3v) is 3.56. The van der Waals surface area contributed by atoms with E-state index < -0.39 is 10.1 Å². The molecule has 4 nitrogen and oxygen atoms in total. The monoisotopic (exact) mass is 293 g/mol. The number of pyridine rings is 1. The van der Waals surface area contributed by atoms with Gasteiger partial charge in [-0.2, -0.15) is 8.42 Å². The van der Waals surface area contributed by atoms with Crippen molar-refractivity contribution in [2.75, 3.05) is 0 Å². The Kier molecular flexibility index (Phi) is 5.85. The number of hydrogen-bond donors (Lipinski definition) is 1. The molecule has 0 fully saturated rings. The fraction of sp³-hybridized carbons (Fsp3) is 0.267. The van der Waals surface area contributed by atoms with E-state index in [1.165, 1.54) is 17.7 Å². The molecule has 0 unspecified atom stereocenters. The van der Waals surface area contributed by atoms with Gasteiger partial charge in [0, 0.05) is 12.4 Å². The number of rotatable bonds is 2. The summed E-state index contributed by atoms with van der Waals surface area (Å²) in [6.45, 7) is 6.19. The van der Waals surface area contributed by atoms with Crippen LogP contribution in [0.1, 0.15) is 30.9 Å². The topological polar surface area (TPSA) is 67.3 Å². The lowest BCUT2D eigenvalue weighted by Gasteiger charge is -2.01. The molecule has 0 spiro atoms. The summed E-state index contributed by atoms with van der Waals surface area (Å²) in [4.78, 5) is 3.86. The first kappa shape index (κ1) is 16.3. The molecule has 20 heavy (non-hydrogen) atoms. The fourth-order valence-corrected chi connectivity index (χ4v) is 1.94. The van der Waals surface area contributed by atoms with Crippen LogP contribution in [0.4, 0.5) is 0 Å². The quantitative estimate of drug-likeness (QED) is 0.861. The Hall–Kier alpha value is -1.72. The summed E-state index contributed by atoms with van der Waals surface area (Å²) in [7, 11) is -4.02. The Bertz CT molecular complexity index is 620. The molecule has 108 valence electrons. The lowest BCUT2D eigenvalue weighted by atomic mass is 10.1. The highest BCUT2D eigenvalue weighted by atomic mass is 32.2. The third-order valence-electron chi connectivity index (χ3n) is 2.69. The maximum Gasteiger partial charge on any atom is 0.294 e. The van der Waals surface area contributed by atoms with E-state index in [4.69, 9.17) is 4.55 Å². The molecule has 0 bridgehead atoms. The maximum atomic E-state index is 10.5. The van der Waals surface area contributed by atoms with Gasteiger partial charge in [-0.1, -0.05) is 31.5 Å². The van der Waals surface area contributed by atoms with Crippen molar-refractivity contribution in [1.29, 1.82) is 0 Å². The van der Waals surface area contributed by atoms with Crippen LogP contribution in [0, 0.1) is 6.92 Å². The van der Waals surface area contributed by atoms with Crippen LogP contribution < -0.4 is 0 Å². The SMILES string of the molecule is CC(C)c1ccncc1.Cc1ccc(S(=O)(=O)O)cc1. The van der Waals surface area contributed by atoms with Crippen molar-refractivity contribution in [2.24, 2.45) is 0 Å². The minimum Gasteiger partial charge on any atom is -0.282 e. The number of aryl methyl sites for hydroxylation is 1. The van der Waals surface area contributed by atoms with E-state index in [-0.39, 0.29) is 4.90 Å². The van der Waals surface area contributed by atoms with Gasteiger partial charge in [0.1, 0.15) is 0 Å². The van der Waals surface area contributed by atoms with Gasteiger partial charge in [-0.15, -0.1) is 0 Å². The van der Waals surface area contributed by atoms with Gasteiger partial charge in [0.2, 0.25) is 0 Å². The zero-order chi connectivity index (χ0) is 15.2. The number of nitrogens with zero attached hydrogens (tertiary/aromatic N) is 1. The summed E-state index contributed by atoms with van der Waals surface area (Å²) >= 11 is 0. The summed E-state index contributed by atoms with van der Waals surface area (Å²) in [6, 6.07) is 10.1. The molecule has 1 aromatic heterocycles. The molecule has 5 heteroatoms. The van der Waals surface area contributed by atoms with Crippen molar-refractivity contribution in [2.45, 2.75) is 31.6 Å². The zero-order valence-corrected chi connectivity index (χ0v) is 12.6. The van der Waals surface area contributed by atoms with Crippen molar-refractivity contribution >= 4 is 10.1 Å². The number of benzene rings is 1. The van der Waals surface area contributed by atoms with Crippen LogP contribution in [0.5, 0.6) is 0 Å². The Morgan fingerprint density at radius 2 is 1.50 bits per heavy atom. The molecular weight excluding hydrogens is 274 g/mol. The Balaban J connectivity index is 0.000000204. The number of hydrogen-bond acceptors (Lipinski definition) is 3. The minimum absolute atomic E-state index is 0.0666. The minimum atomic E-state index is -4.02. The molecule has 1 heterocycles. The predicted molar refractivity (Wildman–Crippen MR) is 79.3 cm³/mol. The van der Waals surface area contributed by atoms with Gasteiger partial charge in [-0.25, -0.2) is 0 Å². The molecule has 0 aliphatic rings. The average Bonchev–Trinajstić information content (AvgIpc) is 2.40. The second-order valence-corrected chi connectivity index (χ2v) is 6.14. The Morgan fingerprint density at radius 1 is 1.00 bits per heavy atom. The van der Waals surface area contributed by atoms with Gasteiger partial charge >= 0.3 is 0 Å². The van der Waals surface area contributed by atoms with Crippen LogP contribution in [-0.2, 0) is 10.1 Å². The van der Waals surface area contributed by atoms with E-state index in [1.807, 2.05) is 31.5 Å². The summed E-state index contributed by atoms with van der Waals surface area (Å²) < 4.78 is 29.6. The molecule has 1 aromatic carbocycles. The molecule has 2 rings (SSSR count). The van der Waals surface area contributed by atoms with E-state index >= 15 is 0 Å². The second kappa shape index (κ2) is 7.17. The van der Waals surface area contributed by atoms with Gasteiger partial charge in [0.05, 0.1) is 4.90 Å². The molecule has 0 amide bonds. The second-order valence-electron chi connectivity index (χ2n) is 4.72. The van der Waals surface area contributed by atoms with Crippen molar-refractivity contribution in [3.63, 3.8) is 0 Å². The van der Waals surface area contributed by atoms with Gasteiger partial charge in [-0.3, -0.25) is 9.54 Å². The normalized spacial score (nSPS) is 10.8. The summed E-state index contributed by atoms with van der Waals surface area (Å²) in [5.41, 5.74) is 2.31. The molecule has 2 aromatic rings. The highest BCUT2D eigenvalue weighted by molar-refractivity contribution is 7.85. The van der Waals surface area contributed by atoms with Gasteiger partial charge in [0.15, 0.2) is 0 Å². The van der Waals surface area contributed by atoms with Crippen LogP contribution >= 0.6 is 0 Å². The maximum absolute atomic E-state index is 10.5. The van der Waals surface area contributed by atoms with Gasteiger partial charge in [-0.05, 0) is 42.7 Å². The molecule has 0 radical (unpaired) electrons. The van der Waals surface area contributed by atoms with Crippen molar-refractivity contribution in [3.05, 3.63) is 59.9 Å². The van der Waals surface area contributed by atoms with Crippen LogP contribution in [0.2, 0.25) is 0 Å². The lowest BCUT2D eigenvalue weighted by molar-refractivity contribution is 0.483. The molecule has 0 atom stereocenters. The first-order valence-electron chi connectivity index (χ1n) is 6.25. The highest BCUT2D eigenvalue weighted by Crippen LogP contribution is 2.10. The number of aromatic nitrogens is 1. The predicted octanol–water partition coefficient (Wildman–Crippen LogP) is 3.45. The van der Waals surface area contributed by atoms with E-state index in [0.29, 0.717) is 5.92 Å². The van der Waals surface area contributed by atoms with E-state index in [1.54, 1.807) is 12.1 Å². The third kappa shape index (κ3) is 5.50. The Labute approximate surface area is 120 Å². The van der Waals surface area contributed by atoms with E-state index in [0.717, 1.165) is 5.56 Å². The van der Waals surface area contributed by atoms with Crippen molar-refractivity contribution < 1.29 is 13.0 Å². The van der Waals surface area contributed by atoms with Gasteiger partial charge < -0.3 is 0 Å². The first-order valence-corrected chi connectivity index (χ1v) is 7.69. The largest absolute Gasteiger partial charge is 0.294 e. The molecule has 0 saturated carbocycles. The van der Waals surface area contributed by atoms with Crippen LogP contribution in [0.3, 0.4) is 0 Å². The average molecular weight is 293 g/mol. The van der Waals surface area contributed by atoms with Crippen LogP contribution in [0.25, 0.3) is 0 Å². The van der Waals surface area contributed by atoms with E-state index in [2.05, 4.69) is 18.8 Å². The van der Waals surface area contributed by atoms with Crippen molar-refractivity contribution in [3.8, 4) is 0 Å². The Morgan fingerprint density at radius 3 is 1.85 bits per heavy atom. The standard InChI is InChI=1S/C8H11N.C7H8O3S/c1-7(2)8-3-5-9-6-4-8;1-6-2-4-7(5-3-6)11(8,9)10/h3-7H,1-2H3;2-5H,1H3,(H,8,9,10). The highest BCUT2D eigenvalue weighted by Gasteiger charge is 2.06. The smallest absolute Gasteiger partial charge is 0.282 e. The van der Waals surface area contributed by atoms with Crippen LogP contribution in [0.15, 0.2) is 53.7 Å². The zero-order valence-electron chi connectivity index (χ0n) is 11.8. The van der Waals surface area contributed by atoms with E-state index in [9.17, 15) is 8.42 Å². The first-order chi connectivity index (χ1) is 9.30. The molecule has 1 N–H and O–H groups in total. The fourth-order valence-electron chi connectivity index (χ4n) is 1.46.